The molecule has 1 aromatic carbocycles. The quantitative estimate of drug-likeness (QED) is 0.800. The van der Waals surface area contributed by atoms with Gasteiger partial charge in [0.2, 0.25) is 0 Å². The maximum atomic E-state index is 12.6. The molecule has 0 aliphatic carbocycles. The van der Waals surface area contributed by atoms with Gasteiger partial charge < -0.3 is 20.1 Å². The zero-order valence-electron chi connectivity index (χ0n) is 13.6. The summed E-state index contributed by atoms with van der Waals surface area (Å²) in [5.74, 6) is 0.668. The zero-order valence-corrected chi connectivity index (χ0v) is 14.3. The van der Waals surface area contributed by atoms with Crippen LogP contribution in [0.4, 0.5) is 4.79 Å². The summed E-state index contributed by atoms with van der Waals surface area (Å²) >= 11 is 6.17. The molecule has 6 heteroatoms. The van der Waals surface area contributed by atoms with E-state index in [1.165, 1.54) is 0 Å². The fraction of sp³-hybridized carbons (Fsp3) is 0.588. The van der Waals surface area contributed by atoms with Crippen molar-refractivity contribution < 1.29 is 14.6 Å². The fourth-order valence-corrected chi connectivity index (χ4v) is 2.94. The van der Waals surface area contributed by atoms with Crippen LogP contribution in [-0.4, -0.2) is 42.3 Å². The van der Waals surface area contributed by atoms with Gasteiger partial charge in [0.25, 0.3) is 0 Å². The highest BCUT2D eigenvalue weighted by Gasteiger charge is 2.26. The number of para-hydroxylation sites is 1. The van der Waals surface area contributed by atoms with Crippen LogP contribution >= 0.6 is 11.6 Å². The molecule has 2 amide bonds. The molecule has 0 spiro atoms. The van der Waals surface area contributed by atoms with Crippen LogP contribution in [0.3, 0.4) is 0 Å². The lowest BCUT2D eigenvalue weighted by Gasteiger charge is -2.30. The number of fused-ring (bicyclic) bond motifs is 1. The first-order valence-electron chi connectivity index (χ1n) is 8.24. The van der Waals surface area contributed by atoms with Crippen LogP contribution in [0.15, 0.2) is 18.2 Å². The molecule has 2 N–H and O–H groups in total. The molecule has 1 aliphatic heterocycles. The number of hydrogen-bond acceptors (Lipinski definition) is 3. The molecule has 1 aromatic rings. The van der Waals surface area contributed by atoms with Crippen molar-refractivity contribution in [3.05, 3.63) is 28.8 Å². The third-order valence-corrected chi connectivity index (χ3v) is 4.28. The number of benzene rings is 1. The SMILES string of the molecule is CCCCN(CCCO)C(=O)NC1CCOc2c(Cl)cccc21. The summed E-state index contributed by atoms with van der Waals surface area (Å²) in [7, 11) is 0. The van der Waals surface area contributed by atoms with E-state index in [0.717, 1.165) is 24.8 Å². The van der Waals surface area contributed by atoms with Crippen LogP contribution in [-0.2, 0) is 0 Å². The molecule has 0 bridgehead atoms. The molecular weight excluding hydrogens is 316 g/mol. The van der Waals surface area contributed by atoms with Crippen molar-refractivity contribution in [3.8, 4) is 5.75 Å². The second-order valence-electron chi connectivity index (χ2n) is 5.72. The van der Waals surface area contributed by atoms with Gasteiger partial charge in [-0.05, 0) is 18.9 Å². The zero-order chi connectivity index (χ0) is 16.7. The first kappa shape index (κ1) is 17.9. The number of nitrogens with zero attached hydrogens (tertiary/aromatic N) is 1. The summed E-state index contributed by atoms with van der Waals surface area (Å²) in [6, 6.07) is 5.41. The smallest absolute Gasteiger partial charge is 0.317 e. The van der Waals surface area contributed by atoms with E-state index < -0.39 is 0 Å². The average molecular weight is 341 g/mol. The molecule has 2 rings (SSSR count). The number of amides is 2. The molecule has 1 heterocycles. The Morgan fingerprint density at radius 2 is 2.22 bits per heavy atom. The lowest BCUT2D eigenvalue weighted by Crippen LogP contribution is -2.43. The van der Waals surface area contributed by atoms with E-state index in [2.05, 4.69) is 12.2 Å². The molecule has 5 nitrogen and oxygen atoms in total. The fourth-order valence-electron chi connectivity index (χ4n) is 2.70. The molecule has 23 heavy (non-hydrogen) atoms. The van der Waals surface area contributed by atoms with Crippen LogP contribution in [0.2, 0.25) is 5.02 Å². The minimum Gasteiger partial charge on any atom is -0.492 e. The Labute approximate surface area is 142 Å². The molecule has 1 unspecified atom stereocenters. The molecule has 0 aromatic heterocycles. The van der Waals surface area contributed by atoms with E-state index in [9.17, 15) is 4.79 Å². The largest absolute Gasteiger partial charge is 0.492 e. The molecule has 128 valence electrons. The number of carbonyl (C=O) groups is 1. The minimum absolute atomic E-state index is 0.0889. The molecule has 1 atom stereocenters. The van der Waals surface area contributed by atoms with Gasteiger partial charge in [-0.25, -0.2) is 4.79 Å². The third-order valence-electron chi connectivity index (χ3n) is 3.98. The number of carbonyl (C=O) groups excluding carboxylic acids is 1. The van der Waals surface area contributed by atoms with Crippen LogP contribution in [0.5, 0.6) is 5.75 Å². The van der Waals surface area contributed by atoms with E-state index in [0.29, 0.717) is 36.9 Å². The Balaban J connectivity index is 2.05. The highest BCUT2D eigenvalue weighted by Crippen LogP contribution is 2.37. The Bertz CT molecular complexity index is 517. The number of halogens is 1. The van der Waals surface area contributed by atoms with E-state index in [1.54, 1.807) is 11.0 Å². The lowest BCUT2D eigenvalue weighted by molar-refractivity contribution is 0.179. The van der Waals surface area contributed by atoms with E-state index in [4.69, 9.17) is 21.4 Å². The van der Waals surface area contributed by atoms with Gasteiger partial charge >= 0.3 is 6.03 Å². The summed E-state index contributed by atoms with van der Waals surface area (Å²) in [6.45, 7) is 3.99. The normalized spacial score (nSPS) is 16.4. The Morgan fingerprint density at radius 1 is 1.43 bits per heavy atom. The van der Waals surface area contributed by atoms with Gasteiger partial charge in [-0.1, -0.05) is 37.1 Å². The number of aliphatic hydroxyl groups excluding tert-OH is 1. The first-order valence-corrected chi connectivity index (χ1v) is 8.62. The first-order chi connectivity index (χ1) is 11.2. The van der Waals surface area contributed by atoms with E-state index in [1.807, 2.05) is 12.1 Å². The van der Waals surface area contributed by atoms with Crippen LogP contribution in [0.1, 0.15) is 44.2 Å². The van der Waals surface area contributed by atoms with Gasteiger partial charge in [-0.2, -0.15) is 0 Å². The summed E-state index contributed by atoms with van der Waals surface area (Å²) < 4.78 is 5.63. The topological polar surface area (TPSA) is 61.8 Å². The molecule has 0 radical (unpaired) electrons. The second-order valence-corrected chi connectivity index (χ2v) is 6.12. The Kier molecular flexibility index (Phi) is 6.99. The molecule has 0 saturated heterocycles. The number of nitrogens with one attached hydrogen (secondary N) is 1. The van der Waals surface area contributed by atoms with Crippen molar-refractivity contribution in [3.63, 3.8) is 0 Å². The number of ether oxygens (including phenoxy) is 1. The van der Waals surface area contributed by atoms with Crippen molar-refractivity contribution in [2.45, 2.75) is 38.6 Å². The summed E-state index contributed by atoms with van der Waals surface area (Å²) in [4.78, 5) is 14.4. The van der Waals surface area contributed by atoms with Gasteiger partial charge in [0, 0.05) is 31.7 Å². The van der Waals surface area contributed by atoms with Crippen molar-refractivity contribution in [1.29, 1.82) is 0 Å². The summed E-state index contributed by atoms with van der Waals surface area (Å²) in [5.41, 5.74) is 0.926. The number of urea groups is 1. The maximum absolute atomic E-state index is 12.6. The van der Waals surface area contributed by atoms with E-state index in [-0.39, 0.29) is 18.7 Å². The summed E-state index contributed by atoms with van der Waals surface area (Å²) in [5, 5.41) is 12.7. The number of hydrogen-bond donors (Lipinski definition) is 2. The highest BCUT2D eigenvalue weighted by molar-refractivity contribution is 6.32. The third kappa shape index (κ3) is 4.75. The van der Waals surface area contributed by atoms with Gasteiger partial charge in [0.15, 0.2) is 0 Å². The number of unbranched alkanes of at least 4 members (excludes halogenated alkanes) is 1. The van der Waals surface area contributed by atoms with Crippen molar-refractivity contribution in [1.82, 2.24) is 10.2 Å². The predicted octanol–water partition coefficient (Wildman–Crippen LogP) is 3.36. The summed E-state index contributed by atoms with van der Waals surface area (Å²) in [6.07, 6.45) is 3.29. The van der Waals surface area contributed by atoms with Crippen molar-refractivity contribution in [2.24, 2.45) is 0 Å². The number of aliphatic hydroxyl groups is 1. The van der Waals surface area contributed by atoms with E-state index >= 15 is 0 Å². The predicted molar refractivity (Wildman–Crippen MR) is 91.0 cm³/mol. The standard InChI is InChI=1S/C17H25ClN2O3/c1-2-3-9-20(10-5-11-21)17(22)19-15-8-12-23-16-13(15)6-4-7-14(16)18/h4,6-7,15,21H,2-3,5,8-12H2,1H3,(H,19,22). The maximum Gasteiger partial charge on any atom is 0.317 e. The second kappa shape index (κ2) is 8.99. The molecular formula is C17H25ClN2O3. The monoisotopic (exact) mass is 340 g/mol. The Hall–Kier alpha value is -1.46. The number of rotatable bonds is 7. The highest BCUT2D eigenvalue weighted by atomic mass is 35.5. The molecule has 0 saturated carbocycles. The van der Waals surface area contributed by atoms with Gasteiger partial charge in [0.05, 0.1) is 17.7 Å². The Morgan fingerprint density at radius 3 is 2.96 bits per heavy atom. The van der Waals surface area contributed by atoms with Gasteiger partial charge in [-0.15, -0.1) is 0 Å². The van der Waals surface area contributed by atoms with Crippen LogP contribution < -0.4 is 10.1 Å². The van der Waals surface area contributed by atoms with Crippen molar-refractivity contribution in [2.75, 3.05) is 26.3 Å². The van der Waals surface area contributed by atoms with Crippen LogP contribution in [0, 0.1) is 0 Å². The molecule has 1 aliphatic rings. The van der Waals surface area contributed by atoms with Crippen molar-refractivity contribution >= 4 is 17.6 Å². The van der Waals surface area contributed by atoms with Crippen LogP contribution in [0.25, 0.3) is 0 Å². The lowest BCUT2D eigenvalue weighted by atomic mass is 10.0. The van der Waals surface area contributed by atoms with Gasteiger partial charge in [-0.3, -0.25) is 0 Å². The average Bonchev–Trinajstić information content (AvgIpc) is 2.56. The van der Waals surface area contributed by atoms with Gasteiger partial charge in [0.1, 0.15) is 5.75 Å². The minimum atomic E-state index is -0.0943. The molecule has 0 fully saturated rings.